The Morgan fingerprint density at radius 2 is 2.00 bits per heavy atom. The molecule has 1 aliphatic rings. The van der Waals surface area contributed by atoms with Gasteiger partial charge in [-0.25, -0.2) is 0 Å². The smallest absolute Gasteiger partial charge is 0.161 e. The van der Waals surface area contributed by atoms with Gasteiger partial charge in [-0.2, -0.15) is 0 Å². The maximum atomic E-state index is 6.17. The summed E-state index contributed by atoms with van der Waals surface area (Å²) in [4.78, 5) is 4.48. The van der Waals surface area contributed by atoms with Crippen molar-refractivity contribution in [3.8, 4) is 11.5 Å². The largest absolute Gasteiger partial charge is 0.493 e. The van der Waals surface area contributed by atoms with Gasteiger partial charge in [0.25, 0.3) is 0 Å². The molecule has 0 saturated carbocycles. The number of hydrogen-bond donors (Lipinski definition) is 0. The fourth-order valence-corrected chi connectivity index (χ4v) is 3.54. The van der Waals surface area contributed by atoms with Gasteiger partial charge in [0.15, 0.2) is 11.5 Å². The van der Waals surface area contributed by atoms with E-state index in [1.807, 2.05) is 24.3 Å². The van der Waals surface area contributed by atoms with Crippen LogP contribution in [-0.2, 0) is 6.61 Å². The van der Waals surface area contributed by atoms with E-state index in [0.29, 0.717) is 28.2 Å². The SMILES string of the molecule is COc1cc(C2=NCCS2)ccc1OCc1ccc(Cl)cc1Cl. The first-order chi connectivity index (χ1) is 11.2. The second-order valence-electron chi connectivity index (χ2n) is 4.93. The fourth-order valence-electron chi connectivity index (χ4n) is 2.22. The molecule has 0 bridgehead atoms. The minimum Gasteiger partial charge on any atom is -0.493 e. The highest BCUT2D eigenvalue weighted by molar-refractivity contribution is 8.14. The number of hydrogen-bond acceptors (Lipinski definition) is 4. The first-order valence-electron chi connectivity index (χ1n) is 7.10. The van der Waals surface area contributed by atoms with E-state index in [-0.39, 0.29) is 0 Å². The summed E-state index contributed by atoms with van der Waals surface area (Å²) in [7, 11) is 1.63. The summed E-state index contributed by atoms with van der Waals surface area (Å²) in [5, 5.41) is 2.25. The minimum absolute atomic E-state index is 0.349. The number of benzene rings is 2. The molecule has 120 valence electrons. The van der Waals surface area contributed by atoms with E-state index in [4.69, 9.17) is 32.7 Å². The predicted octanol–water partition coefficient (Wildman–Crippen LogP) is 5.07. The number of rotatable bonds is 5. The zero-order chi connectivity index (χ0) is 16.2. The Balaban J connectivity index is 1.77. The summed E-state index contributed by atoms with van der Waals surface area (Å²) in [5.74, 6) is 2.39. The molecule has 0 spiro atoms. The third-order valence-electron chi connectivity index (χ3n) is 3.39. The molecule has 2 aromatic carbocycles. The molecule has 0 radical (unpaired) electrons. The molecule has 6 heteroatoms. The zero-order valence-corrected chi connectivity index (χ0v) is 14.8. The van der Waals surface area contributed by atoms with Crippen LogP contribution >= 0.6 is 35.0 Å². The Kier molecular flexibility index (Phi) is 5.36. The third-order valence-corrected chi connectivity index (χ3v) is 5.01. The molecule has 0 N–H and O–H groups in total. The maximum absolute atomic E-state index is 6.17. The van der Waals surface area contributed by atoms with E-state index in [0.717, 1.165) is 28.5 Å². The molecule has 1 aliphatic heterocycles. The maximum Gasteiger partial charge on any atom is 0.161 e. The van der Waals surface area contributed by atoms with Crippen LogP contribution in [0.15, 0.2) is 41.4 Å². The van der Waals surface area contributed by atoms with Crippen molar-refractivity contribution < 1.29 is 9.47 Å². The molecular weight excluding hydrogens is 353 g/mol. The van der Waals surface area contributed by atoms with Crippen molar-refractivity contribution in [2.45, 2.75) is 6.61 Å². The van der Waals surface area contributed by atoms with Crippen molar-refractivity contribution in [3.05, 3.63) is 57.6 Å². The molecule has 0 atom stereocenters. The Morgan fingerprint density at radius 1 is 1.13 bits per heavy atom. The summed E-state index contributed by atoms with van der Waals surface area (Å²) in [6.45, 7) is 1.22. The second-order valence-corrected chi connectivity index (χ2v) is 6.85. The van der Waals surface area contributed by atoms with Crippen LogP contribution in [-0.4, -0.2) is 24.5 Å². The van der Waals surface area contributed by atoms with Gasteiger partial charge in [0.1, 0.15) is 6.61 Å². The summed E-state index contributed by atoms with van der Waals surface area (Å²) in [6, 6.07) is 11.2. The van der Waals surface area contributed by atoms with Crippen LogP contribution in [0.4, 0.5) is 0 Å². The fraction of sp³-hybridized carbons (Fsp3) is 0.235. The highest BCUT2D eigenvalue weighted by atomic mass is 35.5. The van der Waals surface area contributed by atoms with Gasteiger partial charge in [0.05, 0.1) is 12.2 Å². The van der Waals surface area contributed by atoms with Gasteiger partial charge in [-0.1, -0.05) is 29.3 Å². The highest BCUT2D eigenvalue weighted by Gasteiger charge is 2.13. The molecule has 0 aliphatic carbocycles. The predicted molar refractivity (Wildman–Crippen MR) is 97.7 cm³/mol. The van der Waals surface area contributed by atoms with Gasteiger partial charge in [-0.3, -0.25) is 4.99 Å². The van der Waals surface area contributed by atoms with Gasteiger partial charge in [-0.05, 0) is 30.3 Å². The second kappa shape index (κ2) is 7.47. The first kappa shape index (κ1) is 16.5. The number of thioether (sulfide) groups is 1. The average molecular weight is 368 g/mol. The monoisotopic (exact) mass is 367 g/mol. The van der Waals surface area contributed by atoms with E-state index in [9.17, 15) is 0 Å². The van der Waals surface area contributed by atoms with E-state index in [1.54, 1.807) is 31.0 Å². The lowest BCUT2D eigenvalue weighted by Crippen LogP contribution is -2.00. The molecule has 0 unspecified atom stereocenters. The Morgan fingerprint density at radius 3 is 2.70 bits per heavy atom. The van der Waals surface area contributed by atoms with Crippen LogP contribution in [0.2, 0.25) is 10.0 Å². The van der Waals surface area contributed by atoms with Crippen molar-refractivity contribution in [3.63, 3.8) is 0 Å². The van der Waals surface area contributed by atoms with Gasteiger partial charge in [0, 0.05) is 33.5 Å². The van der Waals surface area contributed by atoms with Gasteiger partial charge >= 0.3 is 0 Å². The quantitative estimate of drug-likeness (QED) is 0.738. The third kappa shape index (κ3) is 3.94. The van der Waals surface area contributed by atoms with Crippen molar-refractivity contribution in [1.82, 2.24) is 0 Å². The Bertz CT molecular complexity index is 749. The number of nitrogens with zero attached hydrogens (tertiary/aromatic N) is 1. The zero-order valence-electron chi connectivity index (χ0n) is 12.5. The van der Waals surface area contributed by atoms with Gasteiger partial charge < -0.3 is 9.47 Å². The van der Waals surface area contributed by atoms with Gasteiger partial charge in [0.2, 0.25) is 0 Å². The number of aliphatic imine (C=N–C) groups is 1. The lowest BCUT2D eigenvalue weighted by atomic mass is 10.2. The molecule has 2 aromatic rings. The average Bonchev–Trinajstić information content (AvgIpc) is 3.08. The number of halogens is 2. The number of ether oxygens (including phenoxy) is 2. The summed E-state index contributed by atoms with van der Waals surface area (Å²) >= 11 is 13.8. The van der Waals surface area contributed by atoms with Crippen molar-refractivity contribution in [1.29, 1.82) is 0 Å². The van der Waals surface area contributed by atoms with Crippen molar-refractivity contribution >= 4 is 40.0 Å². The summed E-state index contributed by atoms with van der Waals surface area (Å²) < 4.78 is 11.3. The Labute approximate surface area is 149 Å². The molecule has 23 heavy (non-hydrogen) atoms. The van der Waals surface area contributed by atoms with E-state index in [1.165, 1.54) is 0 Å². The summed E-state index contributed by atoms with van der Waals surface area (Å²) in [5.41, 5.74) is 1.93. The highest BCUT2D eigenvalue weighted by Crippen LogP contribution is 2.32. The topological polar surface area (TPSA) is 30.8 Å². The molecule has 3 rings (SSSR count). The molecule has 0 saturated heterocycles. The molecule has 0 fully saturated rings. The van der Waals surface area contributed by atoms with Crippen LogP contribution in [0.3, 0.4) is 0 Å². The number of methoxy groups -OCH3 is 1. The van der Waals surface area contributed by atoms with Crippen LogP contribution < -0.4 is 9.47 Å². The lowest BCUT2D eigenvalue weighted by molar-refractivity contribution is 0.284. The van der Waals surface area contributed by atoms with Gasteiger partial charge in [-0.15, -0.1) is 11.8 Å². The summed E-state index contributed by atoms with van der Waals surface area (Å²) in [6.07, 6.45) is 0. The molecule has 0 amide bonds. The molecule has 0 aromatic heterocycles. The van der Waals surface area contributed by atoms with Crippen LogP contribution in [0.1, 0.15) is 11.1 Å². The van der Waals surface area contributed by atoms with E-state index >= 15 is 0 Å². The van der Waals surface area contributed by atoms with Crippen LogP contribution in [0, 0.1) is 0 Å². The van der Waals surface area contributed by atoms with Crippen LogP contribution in [0.5, 0.6) is 11.5 Å². The first-order valence-corrected chi connectivity index (χ1v) is 8.84. The van der Waals surface area contributed by atoms with Crippen molar-refractivity contribution in [2.75, 3.05) is 19.4 Å². The van der Waals surface area contributed by atoms with Crippen LogP contribution in [0.25, 0.3) is 0 Å². The Hall–Kier alpha value is -1.36. The lowest BCUT2D eigenvalue weighted by Gasteiger charge is -2.13. The van der Waals surface area contributed by atoms with Crippen molar-refractivity contribution in [2.24, 2.45) is 4.99 Å². The van der Waals surface area contributed by atoms with E-state index < -0.39 is 0 Å². The molecule has 1 heterocycles. The van der Waals surface area contributed by atoms with E-state index in [2.05, 4.69) is 4.99 Å². The molecule has 3 nitrogen and oxygen atoms in total. The molecular formula is C17H15Cl2NO2S. The standard InChI is InChI=1S/C17H15Cl2NO2S/c1-21-16-8-11(17-20-6-7-23-17)3-5-15(16)22-10-12-2-4-13(18)9-14(12)19/h2-5,8-9H,6-7,10H2,1H3. The normalized spacial score (nSPS) is 13.8. The minimum atomic E-state index is 0.349.